The Morgan fingerprint density at radius 1 is 1.06 bits per heavy atom. The smallest absolute Gasteiger partial charge is 0.404 e. The van der Waals surface area contributed by atoms with Crippen LogP contribution >= 0.6 is 0 Å². The van der Waals surface area contributed by atoms with Crippen LogP contribution in [0.15, 0.2) is 54.6 Å². The lowest BCUT2D eigenvalue weighted by atomic mass is 9.93. The quantitative estimate of drug-likeness (QED) is 0.392. The van der Waals surface area contributed by atoms with Crippen LogP contribution in [0.5, 0.6) is 11.6 Å². The van der Waals surface area contributed by atoms with Gasteiger partial charge in [-0.1, -0.05) is 30.3 Å². The first-order chi connectivity index (χ1) is 15.8. The fourth-order valence-electron chi connectivity index (χ4n) is 3.38. The average molecular weight is 500 g/mol. The Labute approximate surface area is 195 Å². The molecule has 3 aromatic rings. The highest BCUT2D eigenvalue weighted by molar-refractivity contribution is 7.89. The molecule has 0 radical (unpaired) electrons. The molecule has 0 saturated heterocycles. The topological polar surface area (TPSA) is 73.2 Å². The molecule has 6 nitrogen and oxygen atoms in total. The van der Waals surface area contributed by atoms with Gasteiger partial charge in [-0.15, -0.1) is 0 Å². The van der Waals surface area contributed by atoms with Crippen LogP contribution in [-0.4, -0.2) is 30.1 Å². The largest absolute Gasteiger partial charge is 0.439 e. The van der Waals surface area contributed by atoms with Gasteiger partial charge in [0.1, 0.15) is 12.4 Å². The number of nitrogens with zero attached hydrogens (tertiary/aromatic N) is 2. The molecule has 0 aliphatic heterocycles. The van der Waals surface area contributed by atoms with Gasteiger partial charge in [-0.05, 0) is 50.1 Å². The highest BCUT2D eigenvalue weighted by Crippen LogP contribution is 2.31. The lowest BCUT2D eigenvalue weighted by Gasteiger charge is -2.27. The molecule has 0 unspecified atom stereocenters. The number of aryl methyl sites for hydroxylation is 1. The lowest BCUT2D eigenvalue weighted by Crippen LogP contribution is -2.44. The zero-order chi connectivity index (χ0) is 25.1. The second-order valence-corrected chi connectivity index (χ2v) is 9.97. The van der Waals surface area contributed by atoms with Crippen molar-refractivity contribution in [2.24, 2.45) is 0 Å². The number of hydrogen-bond acceptors (Lipinski definition) is 4. The summed E-state index contributed by atoms with van der Waals surface area (Å²) in [6, 6.07) is 15.0. The van der Waals surface area contributed by atoms with Crippen LogP contribution in [0.1, 0.15) is 31.9 Å². The molecule has 184 valence electrons. The molecule has 0 bridgehead atoms. The van der Waals surface area contributed by atoms with Gasteiger partial charge in [0.2, 0.25) is 15.9 Å². The third kappa shape index (κ3) is 6.57. The van der Waals surface area contributed by atoms with Crippen LogP contribution in [0, 0.1) is 0 Å². The molecule has 0 saturated carbocycles. The van der Waals surface area contributed by atoms with Crippen LogP contribution < -0.4 is 9.46 Å². The summed E-state index contributed by atoms with van der Waals surface area (Å²) in [6.07, 6.45) is -4.85. The van der Waals surface area contributed by atoms with Crippen molar-refractivity contribution >= 4 is 10.0 Å². The molecule has 2 aromatic carbocycles. The molecule has 1 N–H and O–H groups in total. The van der Waals surface area contributed by atoms with Crippen molar-refractivity contribution in [3.63, 3.8) is 0 Å². The van der Waals surface area contributed by atoms with Crippen LogP contribution in [-0.2, 0) is 28.8 Å². The number of nitrogens with one attached hydrogen (secondary N) is 1. The van der Waals surface area contributed by atoms with E-state index in [1.165, 1.54) is 13.8 Å². The van der Waals surface area contributed by atoms with Gasteiger partial charge in [0.25, 0.3) is 0 Å². The van der Waals surface area contributed by atoms with Gasteiger partial charge in [0, 0.05) is 18.2 Å². The van der Waals surface area contributed by atoms with E-state index >= 15 is 0 Å². The Morgan fingerprint density at radius 3 is 2.32 bits per heavy atom. The molecule has 0 fully saturated rings. The van der Waals surface area contributed by atoms with Crippen LogP contribution in [0.2, 0.25) is 0 Å². The first-order valence-corrected chi connectivity index (χ1v) is 12.1. The summed E-state index contributed by atoms with van der Waals surface area (Å²) in [5.74, 6) is -1.01. The number of alkyl halides is 4. The molecule has 0 atom stereocenters. The Hall–Kier alpha value is -2.92. The minimum atomic E-state index is -4.85. The number of ether oxygens (including phenoxy) is 1. The summed E-state index contributed by atoms with van der Waals surface area (Å²) in [7, 11) is -4.61. The Bertz CT molecular complexity index is 1240. The normalized spacial score (nSPS) is 12.7. The van der Waals surface area contributed by atoms with E-state index in [9.17, 15) is 26.0 Å². The van der Waals surface area contributed by atoms with E-state index in [0.717, 1.165) is 0 Å². The average Bonchev–Trinajstić information content (AvgIpc) is 3.14. The van der Waals surface area contributed by atoms with Crippen LogP contribution in [0.4, 0.5) is 17.6 Å². The van der Waals surface area contributed by atoms with Crippen molar-refractivity contribution < 1.29 is 30.7 Å². The summed E-state index contributed by atoms with van der Waals surface area (Å²) < 4.78 is 84.3. The van der Waals surface area contributed by atoms with Crippen molar-refractivity contribution in [2.45, 2.75) is 45.7 Å². The van der Waals surface area contributed by atoms with Crippen molar-refractivity contribution in [1.29, 1.82) is 0 Å². The molecular weight excluding hydrogens is 474 g/mol. The van der Waals surface area contributed by atoms with Gasteiger partial charge < -0.3 is 4.74 Å². The zero-order valence-electron chi connectivity index (χ0n) is 18.9. The van der Waals surface area contributed by atoms with Gasteiger partial charge >= 0.3 is 6.18 Å². The summed E-state index contributed by atoms with van der Waals surface area (Å²) in [5.41, 5.74) is 0.858. The number of rotatable bonds is 9. The van der Waals surface area contributed by atoms with Crippen molar-refractivity contribution in [3.05, 3.63) is 65.7 Å². The van der Waals surface area contributed by atoms with Gasteiger partial charge in [-0.2, -0.15) is 18.3 Å². The molecule has 1 heterocycles. The van der Waals surface area contributed by atoms with E-state index in [1.54, 1.807) is 59.3 Å². The molecule has 34 heavy (non-hydrogen) atoms. The molecule has 3 rings (SSSR count). The second kappa shape index (κ2) is 9.75. The lowest BCUT2D eigenvalue weighted by molar-refractivity contribution is -0.106. The number of sulfonamides is 1. The number of halogens is 4. The van der Waals surface area contributed by atoms with Crippen molar-refractivity contribution in [3.8, 4) is 22.9 Å². The van der Waals surface area contributed by atoms with Crippen molar-refractivity contribution in [2.75, 3.05) is 5.75 Å². The van der Waals surface area contributed by atoms with Gasteiger partial charge in [0.15, 0.2) is 5.75 Å². The van der Waals surface area contributed by atoms with Gasteiger partial charge in [0.05, 0.1) is 11.2 Å². The van der Waals surface area contributed by atoms with E-state index < -0.39 is 34.2 Å². The first kappa shape index (κ1) is 25.7. The third-order valence-electron chi connectivity index (χ3n) is 4.99. The highest BCUT2D eigenvalue weighted by Gasteiger charge is 2.38. The fourth-order valence-corrected chi connectivity index (χ4v) is 4.78. The minimum absolute atomic E-state index is 0.445. The van der Waals surface area contributed by atoms with E-state index in [2.05, 4.69) is 9.82 Å². The number of aromatic nitrogens is 2. The Kier molecular flexibility index (Phi) is 7.37. The third-order valence-corrected chi connectivity index (χ3v) is 6.52. The van der Waals surface area contributed by atoms with E-state index in [1.807, 2.05) is 6.92 Å². The van der Waals surface area contributed by atoms with Crippen molar-refractivity contribution in [1.82, 2.24) is 14.5 Å². The summed E-state index contributed by atoms with van der Waals surface area (Å²) in [4.78, 5) is 0. The van der Waals surface area contributed by atoms with Gasteiger partial charge in [-0.3, -0.25) is 0 Å². The second-order valence-electron chi connectivity index (χ2n) is 8.25. The molecule has 0 aliphatic carbocycles. The SMILES string of the molecule is CCn1nc(-c2cccc(C(C)(C)NS(=O)(=O)CC(F)(F)F)c2)cc1Oc1ccc(CF)cc1. The standard InChI is InChI=1S/C23H25F4N3O3S/c1-4-30-21(33-19-10-8-16(14-24)9-11-19)13-20(28-30)17-6-5-7-18(12-17)22(2,3)29-34(31,32)15-23(25,26)27/h5-13,29H,4,14-15H2,1-3H3. The highest BCUT2D eigenvalue weighted by atomic mass is 32.2. The summed E-state index contributed by atoms with van der Waals surface area (Å²) >= 11 is 0. The Balaban J connectivity index is 1.87. The first-order valence-electron chi connectivity index (χ1n) is 10.4. The number of benzene rings is 2. The monoisotopic (exact) mass is 499 g/mol. The molecule has 0 aliphatic rings. The van der Waals surface area contributed by atoms with Crippen LogP contribution in [0.3, 0.4) is 0 Å². The number of hydrogen-bond donors (Lipinski definition) is 1. The van der Waals surface area contributed by atoms with E-state index in [-0.39, 0.29) is 0 Å². The molecular formula is C23H25F4N3O3S. The fraction of sp³-hybridized carbons (Fsp3) is 0.348. The maximum absolute atomic E-state index is 12.7. The van der Waals surface area contributed by atoms with E-state index in [0.29, 0.717) is 40.6 Å². The summed E-state index contributed by atoms with van der Waals surface area (Å²) in [5, 5.41) is 4.52. The van der Waals surface area contributed by atoms with E-state index in [4.69, 9.17) is 4.74 Å². The predicted molar refractivity (Wildman–Crippen MR) is 121 cm³/mol. The molecule has 0 amide bonds. The van der Waals surface area contributed by atoms with Crippen LogP contribution in [0.25, 0.3) is 11.3 Å². The van der Waals surface area contributed by atoms with Gasteiger partial charge in [-0.25, -0.2) is 22.2 Å². The maximum Gasteiger partial charge on any atom is 0.404 e. The molecule has 0 spiro atoms. The minimum Gasteiger partial charge on any atom is -0.439 e. The molecule has 1 aromatic heterocycles. The predicted octanol–water partition coefficient (Wildman–Crippen LogP) is 5.55. The zero-order valence-corrected chi connectivity index (χ0v) is 19.7. The molecule has 11 heteroatoms. The Morgan fingerprint density at radius 2 is 1.74 bits per heavy atom. The maximum atomic E-state index is 12.7. The summed E-state index contributed by atoms with van der Waals surface area (Å²) in [6.45, 7) is 4.78.